The van der Waals surface area contributed by atoms with Gasteiger partial charge in [-0.2, -0.15) is 0 Å². The maximum Gasteiger partial charge on any atom is 0.307 e. The first-order valence-corrected chi connectivity index (χ1v) is 7.32. The van der Waals surface area contributed by atoms with Crippen LogP contribution in [0.5, 0.6) is 11.5 Å². The number of carbonyl (C=O) groups excluding carboxylic acids is 1. The van der Waals surface area contributed by atoms with Gasteiger partial charge in [0.1, 0.15) is 11.5 Å². The average molecular weight is 308 g/mol. The highest BCUT2D eigenvalue weighted by molar-refractivity contribution is 6.01. The topological polar surface area (TPSA) is 104 Å². The van der Waals surface area contributed by atoms with Crippen molar-refractivity contribution < 1.29 is 29.6 Å². The van der Waals surface area contributed by atoms with Gasteiger partial charge in [-0.25, -0.2) is 0 Å². The van der Waals surface area contributed by atoms with E-state index in [9.17, 15) is 19.8 Å². The van der Waals surface area contributed by atoms with Crippen LogP contribution in [0.3, 0.4) is 0 Å². The number of carbonyl (C=O) groups is 2. The number of hydrogen-bond acceptors (Lipinski definition) is 5. The number of rotatable bonds is 5. The normalized spacial score (nSPS) is 21.5. The van der Waals surface area contributed by atoms with E-state index in [-0.39, 0.29) is 41.3 Å². The molecule has 0 saturated carbocycles. The molecule has 1 aromatic carbocycles. The summed E-state index contributed by atoms with van der Waals surface area (Å²) in [5.74, 6) is -2.17. The lowest BCUT2D eigenvalue weighted by molar-refractivity contribution is -0.136. The Labute approximate surface area is 128 Å². The number of benzene rings is 1. The number of Topliss-reactive ketones (excluding diaryl/α,β-unsaturated/α-hetero) is 1. The summed E-state index contributed by atoms with van der Waals surface area (Å²) in [5.41, 5.74) is 0.0703. The molecule has 0 radical (unpaired) electrons. The molecule has 6 nitrogen and oxygen atoms in total. The zero-order chi connectivity index (χ0) is 16.3. The molecule has 0 bridgehead atoms. The highest BCUT2D eigenvalue weighted by atomic mass is 16.5. The third kappa shape index (κ3) is 3.98. The Bertz CT molecular complexity index is 580. The van der Waals surface area contributed by atoms with Crippen molar-refractivity contribution in [2.45, 2.75) is 51.2 Å². The quantitative estimate of drug-likeness (QED) is 0.721. The van der Waals surface area contributed by atoms with Crippen molar-refractivity contribution in [2.75, 3.05) is 0 Å². The van der Waals surface area contributed by atoms with E-state index in [1.807, 2.05) is 6.92 Å². The second kappa shape index (κ2) is 6.79. The Morgan fingerprint density at radius 2 is 2.00 bits per heavy atom. The molecule has 2 atom stereocenters. The van der Waals surface area contributed by atoms with Gasteiger partial charge in [-0.3, -0.25) is 9.59 Å². The number of phenolic OH excluding ortho intramolecular Hbond substituents is 2. The van der Waals surface area contributed by atoms with Gasteiger partial charge in [0.25, 0.3) is 0 Å². The Morgan fingerprint density at radius 1 is 1.27 bits per heavy atom. The summed E-state index contributed by atoms with van der Waals surface area (Å²) in [7, 11) is 0. The second-order valence-electron chi connectivity index (χ2n) is 5.70. The van der Waals surface area contributed by atoms with Gasteiger partial charge in [0.05, 0.1) is 24.2 Å². The zero-order valence-electron chi connectivity index (χ0n) is 12.4. The Morgan fingerprint density at radius 3 is 2.64 bits per heavy atom. The summed E-state index contributed by atoms with van der Waals surface area (Å²) in [6.45, 7) is 1.95. The van der Waals surface area contributed by atoms with Gasteiger partial charge in [0.15, 0.2) is 5.78 Å². The van der Waals surface area contributed by atoms with E-state index in [1.165, 1.54) is 6.07 Å². The molecule has 1 aromatic rings. The molecule has 0 amide bonds. The molecule has 1 aliphatic rings. The molecule has 2 unspecified atom stereocenters. The van der Waals surface area contributed by atoms with Crippen LogP contribution in [0.1, 0.15) is 48.5 Å². The fourth-order valence-corrected chi connectivity index (χ4v) is 2.85. The predicted molar refractivity (Wildman–Crippen MR) is 78.2 cm³/mol. The molecule has 2 rings (SSSR count). The molecule has 1 fully saturated rings. The van der Waals surface area contributed by atoms with Crippen molar-refractivity contribution >= 4 is 11.8 Å². The lowest BCUT2D eigenvalue weighted by atomic mass is 9.93. The third-order valence-corrected chi connectivity index (χ3v) is 3.78. The highest BCUT2D eigenvalue weighted by Crippen LogP contribution is 2.30. The maximum atomic E-state index is 12.4. The molecule has 6 heteroatoms. The van der Waals surface area contributed by atoms with Crippen molar-refractivity contribution in [3.8, 4) is 11.5 Å². The van der Waals surface area contributed by atoms with E-state index < -0.39 is 18.1 Å². The number of carboxylic acids is 1. The standard InChI is InChI=1S/C16H20O6/c1-9-3-2-4-12(22-9)8-14(19)16-10(6-15(20)21)5-11(17)7-13(16)18/h5,7,9,12,17-18H,2-4,6,8H2,1H3,(H,20,21). The summed E-state index contributed by atoms with van der Waals surface area (Å²) in [4.78, 5) is 23.3. The molecule has 22 heavy (non-hydrogen) atoms. The number of ether oxygens (including phenoxy) is 1. The van der Waals surface area contributed by atoms with Gasteiger partial charge < -0.3 is 20.1 Å². The van der Waals surface area contributed by atoms with Gasteiger partial charge in [-0.15, -0.1) is 0 Å². The number of aromatic hydroxyl groups is 2. The van der Waals surface area contributed by atoms with E-state index in [0.29, 0.717) is 0 Å². The van der Waals surface area contributed by atoms with Crippen molar-refractivity contribution in [3.63, 3.8) is 0 Å². The second-order valence-corrected chi connectivity index (χ2v) is 5.70. The van der Waals surface area contributed by atoms with E-state index in [4.69, 9.17) is 9.84 Å². The van der Waals surface area contributed by atoms with Crippen LogP contribution in [0.15, 0.2) is 12.1 Å². The summed E-state index contributed by atoms with van der Waals surface area (Å²) in [6.07, 6.45) is 2.23. The molecule has 1 aliphatic heterocycles. The Hall–Kier alpha value is -2.08. The number of aliphatic carboxylic acids is 1. The van der Waals surface area contributed by atoms with Crippen molar-refractivity contribution in [3.05, 3.63) is 23.3 Å². The first kappa shape index (κ1) is 16.3. The summed E-state index contributed by atoms with van der Waals surface area (Å²) in [5, 5.41) is 28.3. The minimum atomic E-state index is -1.14. The van der Waals surface area contributed by atoms with E-state index >= 15 is 0 Å². The lowest BCUT2D eigenvalue weighted by Gasteiger charge is -2.27. The molecule has 0 aromatic heterocycles. The lowest BCUT2D eigenvalue weighted by Crippen LogP contribution is -2.28. The van der Waals surface area contributed by atoms with Crippen LogP contribution in [0.4, 0.5) is 0 Å². The van der Waals surface area contributed by atoms with Gasteiger partial charge in [-0.05, 0) is 37.8 Å². The predicted octanol–water partition coefficient (Wildman–Crippen LogP) is 2.26. The van der Waals surface area contributed by atoms with Gasteiger partial charge in [0, 0.05) is 12.5 Å². The minimum Gasteiger partial charge on any atom is -0.508 e. The first-order valence-electron chi connectivity index (χ1n) is 7.32. The van der Waals surface area contributed by atoms with Gasteiger partial charge in [0.2, 0.25) is 0 Å². The van der Waals surface area contributed by atoms with Crippen LogP contribution < -0.4 is 0 Å². The summed E-state index contributed by atoms with van der Waals surface area (Å²) in [6, 6.07) is 2.24. The zero-order valence-corrected chi connectivity index (χ0v) is 12.4. The van der Waals surface area contributed by atoms with Gasteiger partial charge >= 0.3 is 5.97 Å². The van der Waals surface area contributed by atoms with Crippen LogP contribution in [-0.4, -0.2) is 39.3 Å². The van der Waals surface area contributed by atoms with Gasteiger partial charge in [-0.1, -0.05) is 0 Å². The van der Waals surface area contributed by atoms with E-state index in [0.717, 1.165) is 25.3 Å². The third-order valence-electron chi connectivity index (χ3n) is 3.78. The van der Waals surface area contributed by atoms with Crippen LogP contribution in [0, 0.1) is 0 Å². The first-order chi connectivity index (χ1) is 10.4. The minimum absolute atomic E-state index is 0.0398. The number of phenols is 2. The van der Waals surface area contributed by atoms with Crippen LogP contribution in [0.25, 0.3) is 0 Å². The summed E-state index contributed by atoms with van der Waals surface area (Å²) < 4.78 is 5.69. The molecule has 120 valence electrons. The Kier molecular flexibility index (Phi) is 5.03. The number of hydrogen-bond donors (Lipinski definition) is 3. The van der Waals surface area contributed by atoms with Crippen LogP contribution in [0.2, 0.25) is 0 Å². The molecular formula is C16H20O6. The average Bonchev–Trinajstić information content (AvgIpc) is 2.36. The van der Waals surface area contributed by atoms with E-state index in [2.05, 4.69) is 0 Å². The SMILES string of the molecule is CC1CCCC(CC(=O)c2c(O)cc(O)cc2CC(=O)O)O1. The highest BCUT2D eigenvalue weighted by Gasteiger charge is 2.26. The molecule has 1 saturated heterocycles. The smallest absolute Gasteiger partial charge is 0.307 e. The largest absolute Gasteiger partial charge is 0.508 e. The van der Waals surface area contributed by atoms with Crippen molar-refractivity contribution in [1.29, 1.82) is 0 Å². The maximum absolute atomic E-state index is 12.4. The van der Waals surface area contributed by atoms with Crippen molar-refractivity contribution in [2.24, 2.45) is 0 Å². The fourth-order valence-electron chi connectivity index (χ4n) is 2.85. The van der Waals surface area contributed by atoms with Crippen LogP contribution >= 0.6 is 0 Å². The number of carboxylic acid groups (broad SMARTS) is 1. The summed E-state index contributed by atoms with van der Waals surface area (Å²) >= 11 is 0. The monoisotopic (exact) mass is 308 g/mol. The fraction of sp³-hybridized carbons (Fsp3) is 0.500. The van der Waals surface area contributed by atoms with E-state index in [1.54, 1.807) is 0 Å². The van der Waals surface area contributed by atoms with Crippen molar-refractivity contribution in [1.82, 2.24) is 0 Å². The number of ketones is 1. The Balaban J connectivity index is 2.22. The molecule has 0 aliphatic carbocycles. The molecule has 3 N–H and O–H groups in total. The molecule has 1 heterocycles. The molecular weight excluding hydrogens is 288 g/mol. The van der Waals surface area contributed by atoms with Crippen LogP contribution in [-0.2, 0) is 16.0 Å². The molecule has 0 spiro atoms.